The first-order chi connectivity index (χ1) is 16.9. The molecule has 0 aromatic heterocycles. The van der Waals surface area contributed by atoms with Crippen LogP contribution in [0.2, 0.25) is 5.02 Å². The predicted molar refractivity (Wildman–Crippen MR) is 141 cm³/mol. The monoisotopic (exact) mass is 492 g/mol. The zero-order valence-electron chi connectivity index (χ0n) is 20.5. The molecule has 3 rings (SSSR count). The Bertz CT molecular complexity index is 1100. The van der Waals surface area contributed by atoms with Gasteiger partial charge < -0.3 is 15.0 Å². The average Bonchev–Trinajstić information content (AvgIpc) is 2.88. The molecule has 0 saturated heterocycles. The molecule has 6 heteroatoms. The van der Waals surface area contributed by atoms with Crippen LogP contribution in [0.1, 0.15) is 37.0 Å². The fourth-order valence-corrected chi connectivity index (χ4v) is 4.02. The molecule has 0 heterocycles. The van der Waals surface area contributed by atoms with Crippen molar-refractivity contribution in [3.05, 3.63) is 101 Å². The summed E-state index contributed by atoms with van der Waals surface area (Å²) in [6, 6.07) is 23.9. The van der Waals surface area contributed by atoms with Crippen LogP contribution in [0, 0.1) is 0 Å². The summed E-state index contributed by atoms with van der Waals surface area (Å²) in [5, 5.41) is 3.65. The number of ether oxygens (including phenoxy) is 1. The standard InChI is InChI=1S/C29H33ClN2O3/c1-4-21(2)31-29(34)27(18-22-10-6-5-7-11-22)32(20-24-12-8-9-13-26(24)30)28(33)19-23-14-16-25(35-3)17-15-23/h5-17,21,27H,4,18-20H2,1-3H3,(H,31,34). The first kappa shape index (κ1) is 26.3. The normalized spacial score (nSPS) is 12.5. The van der Waals surface area contributed by atoms with Crippen LogP contribution in [0.25, 0.3) is 0 Å². The summed E-state index contributed by atoms with van der Waals surface area (Å²) < 4.78 is 5.23. The Balaban J connectivity index is 1.97. The number of carbonyl (C=O) groups excluding carboxylic acids is 2. The molecule has 3 aromatic carbocycles. The summed E-state index contributed by atoms with van der Waals surface area (Å²) in [5.41, 5.74) is 2.63. The van der Waals surface area contributed by atoms with Gasteiger partial charge in [-0.3, -0.25) is 9.59 Å². The Labute approximate surface area is 213 Å². The van der Waals surface area contributed by atoms with Crippen molar-refractivity contribution in [3.8, 4) is 5.75 Å². The van der Waals surface area contributed by atoms with Crippen LogP contribution in [0.5, 0.6) is 5.75 Å². The molecule has 0 fully saturated rings. The summed E-state index contributed by atoms with van der Waals surface area (Å²) in [6.07, 6.45) is 1.37. The Hall–Kier alpha value is -3.31. The van der Waals surface area contributed by atoms with Crippen molar-refractivity contribution in [1.29, 1.82) is 0 Å². The van der Waals surface area contributed by atoms with Crippen molar-refractivity contribution in [2.24, 2.45) is 0 Å². The fourth-order valence-electron chi connectivity index (χ4n) is 3.82. The smallest absolute Gasteiger partial charge is 0.243 e. The third-order valence-electron chi connectivity index (χ3n) is 6.09. The van der Waals surface area contributed by atoms with Gasteiger partial charge in [-0.15, -0.1) is 0 Å². The van der Waals surface area contributed by atoms with Gasteiger partial charge in [0, 0.05) is 24.0 Å². The van der Waals surface area contributed by atoms with Gasteiger partial charge in [-0.1, -0.05) is 79.2 Å². The van der Waals surface area contributed by atoms with Gasteiger partial charge in [0.2, 0.25) is 11.8 Å². The third-order valence-corrected chi connectivity index (χ3v) is 6.45. The maximum absolute atomic E-state index is 13.7. The van der Waals surface area contributed by atoms with Crippen molar-refractivity contribution in [1.82, 2.24) is 10.2 Å². The Morgan fingerprint density at radius 2 is 1.60 bits per heavy atom. The number of halogens is 1. The van der Waals surface area contributed by atoms with Gasteiger partial charge in [-0.05, 0) is 48.2 Å². The molecule has 0 aliphatic rings. The maximum Gasteiger partial charge on any atom is 0.243 e. The molecule has 2 atom stereocenters. The van der Waals surface area contributed by atoms with Crippen LogP contribution in [0.15, 0.2) is 78.9 Å². The fraction of sp³-hybridized carbons (Fsp3) is 0.310. The summed E-state index contributed by atoms with van der Waals surface area (Å²) in [4.78, 5) is 28.9. The molecule has 0 saturated carbocycles. The zero-order valence-corrected chi connectivity index (χ0v) is 21.3. The molecule has 184 valence electrons. The van der Waals surface area contributed by atoms with E-state index in [1.165, 1.54) is 0 Å². The Kier molecular flexibility index (Phi) is 9.74. The lowest BCUT2D eigenvalue weighted by atomic mass is 10.0. The van der Waals surface area contributed by atoms with E-state index in [2.05, 4.69) is 5.32 Å². The molecule has 1 N–H and O–H groups in total. The molecule has 3 aromatic rings. The second kappa shape index (κ2) is 13.0. The number of hydrogen-bond acceptors (Lipinski definition) is 3. The number of nitrogens with one attached hydrogen (secondary N) is 1. The van der Waals surface area contributed by atoms with Gasteiger partial charge in [0.25, 0.3) is 0 Å². The Morgan fingerprint density at radius 1 is 0.943 bits per heavy atom. The number of methoxy groups -OCH3 is 1. The SMILES string of the molecule is CCC(C)NC(=O)C(Cc1ccccc1)N(Cc1ccccc1Cl)C(=O)Cc1ccc(OC)cc1. The largest absolute Gasteiger partial charge is 0.497 e. The summed E-state index contributed by atoms with van der Waals surface area (Å²) >= 11 is 6.47. The molecule has 35 heavy (non-hydrogen) atoms. The molecular formula is C29H33ClN2O3. The van der Waals surface area contributed by atoms with Gasteiger partial charge in [0.15, 0.2) is 0 Å². The highest BCUT2D eigenvalue weighted by atomic mass is 35.5. The molecule has 0 aliphatic carbocycles. The maximum atomic E-state index is 13.7. The van der Waals surface area contributed by atoms with E-state index in [1.54, 1.807) is 18.1 Å². The average molecular weight is 493 g/mol. The van der Waals surface area contributed by atoms with E-state index in [4.69, 9.17) is 16.3 Å². The van der Waals surface area contributed by atoms with Crippen LogP contribution in [-0.2, 0) is 29.0 Å². The predicted octanol–water partition coefficient (Wildman–Crippen LogP) is 5.45. The summed E-state index contributed by atoms with van der Waals surface area (Å²) in [6.45, 7) is 4.22. The first-order valence-corrected chi connectivity index (χ1v) is 12.3. The minimum Gasteiger partial charge on any atom is -0.497 e. The van der Waals surface area contributed by atoms with Crippen molar-refractivity contribution in [3.63, 3.8) is 0 Å². The lowest BCUT2D eigenvalue weighted by Crippen LogP contribution is -2.52. The van der Waals surface area contributed by atoms with Crippen molar-refractivity contribution in [2.75, 3.05) is 7.11 Å². The van der Waals surface area contributed by atoms with Crippen molar-refractivity contribution < 1.29 is 14.3 Å². The van der Waals surface area contributed by atoms with Crippen LogP contribution in [0.3, 0.4) is 0 Å². The molecule has 5 nitrogen and oxygen atoms in total. The number of rotatable bonds is 11. The lowest BCUT2D eigenvalue weighted by Gasteiger charge is -2.32. The second-order valence-electron chi connectivity index (χ2n) is 8.66. The van der Waals surface area contributed by atoms with Crippen LogP contribution < -0.4 is 10.1 Å². The van der Waals surface area contributed by atoms with Gasteiger partial charge in [-0.25, -0.2) is 0 Å². The van der Waals surface area contributed by atoms with Gasteiger partial charge in [-0.2, -0.15) is 0 Å². The lowest BCUT2D eigenvalue weighted by molar-refractivity contribution is -0.141. The third kappa shape index (κ3) is 7.59. The molecule has 0 aliphatic heterocycles. The molecule has 0 spiro atoms. The second-order valence-corrected chi connectivity index (χ2v) is 9.07. The summed E-state index contributed by atoms with van der Waals surface area (Å²) in [5.74, 6) is 0.415. The molecule has 2 amide bonds. The number of nitrogens with zero attached hydrogens (tertiary/aromatic N) is 1. The molecular weight excluding hydrogens is 460 g/mol. The number of amides is 2. The van der Waals surface area contributed by atoms with Crippen LogP contribution >= 0.6 is 11.6 Å². The van der Waals surface area contributed by atoms with E-state index in [-0.39, 0.29) is 30.8 Å². The highest BCUT2D eigenvalue weighted by Crippen LogP contribution is 2.22. The topological polar surface area (TPSA) is 58.6 Å². The zero-order chi connectivity index (χ0) is 25.2. The number of hydrogen-bond donors (Lipinski definition) is 1. The van der Waals surface area contributed by atoms with Gasteiger partial charge in [0.1, 0.15) is 11.8 Å². The molecule has 0 radical (unpaired) electrons. The van der Waals surface area contributed by atoms with Crippen molar-refractivity contribution >= 4 is 23.4 Å². The van der Waals surface area contributed by atoms with E-state index in [0.717, 1.165) is 28.9 Å². The number of benzene rings is 3. The molecule has 0 bridgehead atoms. The van der Waals surface area contributed by atoms with Crippen LogP contribution in [0.4, 0.5) is 0 Å². The minimum absolute atomic E-state index is 0.000346. The highest BCUT2D eigenvalue weighted by Gasteiger charge is 2.31. The van der Waals surface area contributed by atoms with Gasteiger partial charge in [0.05, 0.1) is 13.5 Å². The van der Waals surface area contributed by atoms with Crippen molar-refractivity contribution in [2.45, 2.75) is 51.7 Å². The Morgan fingerprint density at radius 3 is 2.23 bits per heavy atom. The van der Waals surface area contributed by atoms with E-state index >= 15 is 0 Å². The summed E-state index contributed by atoms with van der Waals surface area (Å²) in [7, 11) is 1.61. The minimum atomic E-state index is -0.687. The quantitative estimate of drug-likeness (QED) is 0.387. The molecule has 2 unspecified atom stereocenters. The van der Waals surface area contributed by atoms with Crippen LogP contribution in [-0.4, -0.2) is 35.9 Å². The van der Waals surface area contributed by atoms with E-state index in [1.807, 2.05) is 86.6 Å². The number of carbonyl (C=O) groups is 2. The van der Waals surface area contributed by atoms with Gasteiger partial charge >= 0.3 is 0 Å². The highest BCUT2D eigenvalue weighted by molar-refractivity contribution is 6.31. The van der Waals surface area contributed by atoms with E-state index in [0.29, 0.717) is 11.4 Å². The van der Waals surface area contributed by atoms with E-state index in [9.17, 15) is 9.59 Å². The van der Waals surface area contributed by atoms with E-state index < -0.39 is 6.04 Å². The first-order valence-electron chi connectivity index (χ1n) is 11.9.